The second-order valence-corrected chi connectivity index (χ2v) is 8.91. The molecule has 7 heteroatoms. The van der Waals surface area contributed by atoms with Gasteiger partial charge in [-0.1, -0.05) is 58.7 Å². The Morgan fingerprint density at radius 2 is 2.08 bits per heavy atom. The van der Waals surface area contributed by atoms with E-state index in [0.717, 1.165) is 46.7 Å². The lowest BCUT2D eigenvalue weighted by atomic mass is 9.89. The highest BCUT2D eigenvalue weighted by molar-refractivity contribution is 9.10. The number of amides is 1. The first-order valence-electron chi connectivity index (χ1n) is 8.16. The Balaban J connectivity index is 1.45. The molecule has 128 valence electrons. The van der Waals surface area contributed by atoms with Crippen molar-refractivity contribution in [3.63, 3.8) is 0 Å². The van der Waals surface area contributed by atoms with Crippen LogP contribution in [0.15, 0.2) is 28.7 Å². The van der Waals surface area contributed by atoms with Gasteiger partial charge < -0.3 is 5.32 Å². The van der Waals surface area contributed by atoms with Crippen molar-refractivity contribution in [3.05, 3.63) is 39.3 Å². The van der Waals surface area contributed by atoms with E-state index < -0.39 is 0 Å². The molecule has 1 aromatic heterocycles. The van der Waals surface area contributed by atoms with Crippen LogP contribution in [0.3, 0.4) is 0 Å². The normalized spacial score (nSPS) is 15.4. The van der Waals surface area contributed by atoms with Crippen LogP contribution in [0.1, 0.15) is 42.7 Å². The number of carbonyl (C=O) groups excluding carboxylic acids is 1. The summed E-state index contributed by atoms with van der Waals surface area (Å²) in [6.07, 6.45) is 5.57. The molecule has 1 N–H and O–H groups in total. The highest BCUT2D eigenvalue weighted by atomic mass is 79.9. The zero-order valence-electron chi connectivity index (χ0n) is 13.3. The maximum atomic E-state index is 12.2. The van der Waals surface area contributed by atoms with E-state index in [1.165, 1.54) is 23.3 Å². The maximum Gasteiger partial charge on any atom is 0.229 e. The zero-order chi connectivity index (χ0) is 16.8. The van der Waals surface area contributed by atoms with E-state index in [-0.39, 0.29) is 11.8 Å². The Bertz CT molecular complexity index is 686. The van der Waals surface area contributed by atoms with Gasteiger partial charge in [0.1, 0.15) is 5.01 Å². The zero-order valence-corrected chi connectivity index (χ0v) is 16.6. The number of carbonyl (C=O) groups is 1. The second-order valence-electron chi connectivity index (χ2n) is 5.95. The Morgan fingerprint density at radius 1 is 1.25 bits per heavy atom. The van der Waals surface area contributed by atoms with Crippen molar-refractivity contribution in [3.8, 4) is 0 Å². The summed E-state index contributed by atoms with van der Waals surface area (Å²) in [5, 5.41) is 12.8. The minimum absolute atomic E-state index is 0.110. The fourth-order valence-corrected chi connectivity index (χ4v) is 5.04. The number of rotatable bonds is 6. The van der Waals surface area contributed by atoms with Gasteiger partial charge >= 0.3 is 0 Å². The minimum Gasteiger partial charge on any atom is -0.300 e. The number of anilines is 1. The third-order valence-corrected chi connectivity index (χ3v) is 6.59. The van der Waals surface area contributed by atoms with Crippen LogP contribution in [-0.4, -0.2) is 16.1 Å². The molecule has 0 atom stereocenters. The smallest absolute Gasteiger partial charge is 0.229 e. The van der Waals surface area contributed by atoms with Crippen molar-refractivity contribution in [2.45, 2.75) is 43.6 Å². The maximum absolute atomic E-state index is 12.2. The molecule has 1 heterocycles. The average Bonchev–Trinajstić information content (AvgIpc) is 3.03. The largest absolute Gasteiger partial charge is 0.300 e. The first-order valence-corrected chi connectivity index (χ1v) is 10.9. The molecule has 1 fully saturated rings. The van der Waals surface area contributed by atoms with E-state index in [2.05, 4.69) is 43.6 Å². The highest BCUT2D eigenvalue weighted by Gasteiger charge is 2.22. The van der Waals surface area contributed by atoms with Gasteiger partial charge in [-0.05, 0) is 30.5 Å². The molecule has 0 bridgehead atoms. The highest BCUT2D eigenvalue weighted by Crippen LogP contribution is 2.27. The first-order chi connectivity index (χ1) is 11.7. The van der Waals surface area contributed by atoms with E-state index in [1.807, 2.05) is 12.1 Å². The van der Waals surface area contributed by atoms with Gasteiger partial charge in [0.2, 0.25) is 11.0 Å². The summed E-state index contributed by atoms with van der Waals surface area (Å²) in [5.74, 6) is 2.00. The van der Waals surface area contributed by atoms with E-state index in [4.69, 9.17) is 0 Å². The third kappa shape index (κ3) is 5.29. The molecule has 1 aliphatic carbocycles. The molecule has 0 spiro atoms. The molecular formula is C17H20BrN3OS2. The molecule has 0 aliphatic heterocycles. The van der Waals surface area contributed by atoms with E-state index in [1.54, 1.807) is 11.8 Å². The second kappa shape index (κ2) is 8.97. The predicted molar refractivity (Wildman–Crippen MR) is 104 cm³/mol. The number of aromatic nitrogens is 2. The molecule has 0 radical (unpaired) electrons. The molecule has 3 rings (SSSR count). The third-order valence-electron chi connectivity index (χ3n) is 4.06. The summed E-state index contributed by atoms with van der Waals surface area (Å²) in [6, 6.07) is 8.32. The van der Waals surface area contributed by atoms with Gasteiger partial charge in [0.25, 0.3) is 0 Å². The molecule has 0 saturated heterocycles. The van der Waals surface area contributed by atoms with Crippen LogP contribution in [-0.2, 0) is 16.3 Å². The van der Waals surface area contributed by atoms with E-state index in [9.17, 15) is 4.79 Å². The lowest BCUT2D eigenvalue weighted by Gasteiger charge is -2.19. The van der Waals surface area contributed by atoms with Crippen molar-refractivity contribution in [2.75, 3.05) is 5.32 Å². The van der Waals surface area contributed by atoms with Gasteiger partial charge in [0.15, 0.2) is 0 Å². The SMILES string of the molecule is O=C(Nc1nnc(CSCc2cccc(Br)c2)s1)C1CCCCC1. The topological polar surface area (TPSA) is 54.9 Å². The number of halogens is 1. The number of nitrogens with one attached hydrogen (secondary N) is 1. The van der Waals surface area contributed by atoms with Crippen molar-refractivity contribution < 1.29 is 4.79 Å². The number of nitrogens with zero attached hydrogens (tertiary/aromatic N) is 2. The fraction of sp³-hybridized carbons (Fsp3) is 0.471. The number of thioether (sulfide) groups is 1. The standard InChI is InChI=1S/C17H20BrN3OS2/c18-14-8-4-5-12(9-14)10-23-11-15-20-21-17(24-15)19-16(22)13-6-2-1-3-7-13/h4-5,8-9,13H,1-3,6-7,10-11H2,(H,19,21,22). The van der Waals surface area contributed by atoms with Gasteiger partial charge in [-0.15, -0.1) is 22.0 Å². The van der Waals surface area contributed by atoms with Crippen molar-refractivity contribution >= 4 is 50.1 Å². The lowest BCUT2D eigenvalue weighted by molar-refractivity contribution is -0.120. The summed E-state index contributed by atoms with van der Waals surface area (Å²) in [4.78, 5) is 12.2. The summed E-state index contributed by atoms with van der Waals surface area (Å²) in [5.41, 5.74) is 1.28. The molecule has 2 aromatic rings. The molecular weight excluding hydrogens is 406 g/mol. The fourth-order valence-electron chi connectivity index (χ4n) is 2.82. The van der Waals surface area contributed by atoms with Gasteiger partial charge in [-0.2, -0.15) is 0 Å². The van der Waals surface area contributed by atoms with Gasteiger partial charge in [-0.3, -0.25) is 4.79 Å². The van der Waals surface area contributed by atoms with E-state index >= 15 is 0 Å². The molecule has 1 amide bonds. The Morgan fingerprint density at radius 3 is 2.88 bits per heavy atom. The molecule has 4 nitrogen and oxygen atoms in total. The number of benzene rings is 1. The monoisotopic (exact) mass is 425 g/mol. The van der Waals surface area contributed by atoms with Crippen LogP contribution in [0, 0.1) is 5.92 Å². The first kappa shape index (κ1) is 17.9. The van der Waals surface area contributed by atoms with Crippen LogP contribution in [0.25, 0.3) is 0 Å². The molecule has 0 unspecified atom stereocenters. The molecule has 1 aromatic carbocycles. The van der Waals surface area contributed by atoms with Crippen LogP contribution in [0.5, 0.6) is 0 Å². The van der Waals surface area contributed by atoms with Gasteiger partial charge in [0.05, 0.1) is 0 Å². The van der Waals surface area contributed by atoms with Crippen molar-refractivity contribution in [2.24, 2.45) is 5.92 Å². The lowest BCUT2D eigenvalue weighted by Crippen LogP contribution is -2.24. The summed E-state index contributed by atoms with van der Waals surface area (Å²) >= 11 is 6.77. The quantitative estimate of drug-likeness (QED) is 0.685. The number of hydrogen-bond acceptors (Lipinski definition) is 5. The Labute approximate surface area is 159 Å². The average molecular weight is 426 g/mol. The van der Waals surface area contributed by atoms with Crippen LogP contribution in [0.2, 0.25) is 0 Å². The van der Waals surface area contributed by atoms with E-state index in [0.29, 0.717) is 5.13 Å². The summed E-state index contributed by atoms with van der Waals surface area (Å²) < 4.78 is 1.10. The van der Waals surface area contributed by atoms with Crippen LogP contribution < -0.4 is 5.32 Å². The molecule has 1 aliphatic rings. The van der Waals surface area contributed by atoms with Crippen molar-refractivity contribution in [1.29, 1.82) is 0 Å². The minimum atomic E-state index is 0.110. The van der Waals surface area contributed by atoms with Gasteiger partial charge in [-0.25, -0.2) is 0 Å². The predicted octanol–water partition coefficient (Wildman–Crippen LogP) is 5.25. The Kier molecular flexibility index (Phi) is 6.68. The molecule has 1 saturated carbocycles. The van der Waals surface area contributed by atoms with Crippen LogP contribution >= 0.6 is 39.0 Å². The van der Waals surface area contributed by atoms with Crippen molar-refractivity contribution in [1.82, 2.24) is 10.2 Å². The summed E-state index contributed by atoms with van der Waals surface area (Å²) in [6.45, 7) is 0. The summed E-state index contributed by atoms with van der Waals surface area (Å²) in [7, 11) is 0. The molecule has 24 heavy (non-hydrogen) atoms. The number of hydrogen-bond donors (Lipinski definition) is 1. The van der Waals surface area contributed by atoms with Crippen LogP contribution in [0.4, 0.5) is 5.13 Å². The van der Waals surface area contributed by atoms with Gasteiger partial charge in [0, 0.05) is 21.9 Å². The Hall–Kier alpha value is -0.920.